The Hall–Kier alpha value is -1.99. The molecule has 2 amide bonds. The number of primary amides is 1. The predicted molar refractivity (Wildman–Crippen MR) is 97.1 cm³/mol. The number of nitrogens with two attached hydrogens (primary N) is 2. The first-order valence-corrected chi connectivity index (χ1v) is 8.34. The molecule has 1 aromatic rings. The summed E-state index contributed by atoms with van der Waals surface area (Å²) in [7, 11) is 3.12. The van der Waals surface area contributed by atoms with Crippen molar-refractivity contribution in [2.24, 2.45) is 17.4 Å². The lowest BCUT2D eigenvalue weighted by Crippen LogP contribution is -2.34. The van der Waals surface area contributed by atoms with Gasteiger partial charge in [0.25, 0.3) is 11.8 Å². The van der Waals surface area contributed by atoms with Crippen molar-refractivity contribution in [2.75, 3.05) is 27.3 Å². The second-order valence-corrected chi connectivity index (χ2v) is 6.57. The SMILES string of the molecule is COc1cc(C(=O)N(C)CCC(N)C(C)C)cc(Cl)c1OCC(N)=O. The van der Waals surface area contributed by atoms with E-state index in [2.05, 4.69) is 0 Å². The van der Waals surface area contributed by atoms with E-state index in [9.17, 15) is 9.59 Å². The maximum Gasteiger partial charge on any atom is 0.255 e. The molecule has 8 heteroatoms. The van der Waals surface area contributed by atoms with E-state index in [1.807, 2.05) is 13.8 Å². The Morgan fingerprint density at radius 1 is 1.32 bits per heavy atom. The average Bonchev–Trinajstić information content (AvgIpc) is 2.56. The molecule has 1 rings (SSSR count). The third kappa shape index (κ3) is 6.10. The summed E-state index contributed by atoms with van der Waals surface area (Å²) < 4.78 is 10.5. The Labute approximate surface area is 153 Å². The number of hydrogen-bond acceptors (Lipinski definition) is 5. The molecule has 0 aromatic heterocycles. The molecule has 0 aliphatic heterocycles. The highest BCUT2D eigenvalue weighted by Crippen LogP contribution is 2.36. The fourth-order valence-electron chi connectivity index (χ4n) is 2.12. The fourth-order valence-corrected chi connectivity index (χ4v) is 2.39. The Morgan fingerprint density at radius 3 is 2.48 bits per heavy atom. The lowest BCUT2D eigenvalue weighted by molar-refractivity contribution is -0.119. The normalized spacial score (nSPS) is 12.0. The fraction of sp³-hybridized carbons (Fsp3) is 0.529. The number of nitrogens with zero attached hydrogens (tertiary/aromatic N) is 1. The summed E-state index contributed by atoms with van der Waals surface area (Å²) in [6.45, 7) is 4.28. The van der Waals surface area contributed by atoms with Gasteiger partial charge in [-0.3, -0.25) is 9.59 Å². The van der Waals surface area contributed by atoms with Gasteiger partial charge < -0.3 is 25.8 Å². The summed E-state index contributed by atoms with van der Waals surface area (Å²) in [5, 5.41) is 0.163. The van der Waals surface area contributed by atoms with E-state index in [1.54, 1.807) is 11.9 Å². The van der Waals surface area contributed by atoms with Crippen LogP contribution < -0.4 is 20.9 Å². The van der Waals surface area contributed by atoms with Crippen LogP contribution in [0.1, 0.15) is 30.6 Å². The molecule has 0 bridgehead atoms. The van der Waals surface area contributed by atoms with Crippen molar-refractivity contribution in [3.63, 3.8) is 0 Å². The number of amides is 2. The largest absolute Gasteiger partial charge is 0.493 e. The topological polar surface area (TPSA) is 108 Å². The number of ether oxygens (including phenoxy) is 2. The van der Waals surface area contributed by atoms with Crippen molar-refractivity contribution >= 4 is 23.4 Å². The number of carbonyl (C=O) groups is 2. The van der Waals surface area contributed by atoms with Crippen molar-refractivity contribution in [1.82, 2.24) is 4.90 Å². The quantitative estimate of drug-likeness (QED) is 0.686. The minimum absolute atomic E-state index is 0.0259. The van der Waals surface area contributed by atoms with E-state index in [-0.39, 0.29) is 35.1 Å². The van der Waals surface area contributed by atoms with Crippen LogP contribution in [-0.2, 0) is 4.79 Å². The number of hydrogen-bond donors (Lipinski definition) is 2. The molecule has 7 nitrogen and oxygen atoms in total. The molecule has 0 aliphatic rings. The van der Waals surface area contributed by atoms with E-state index in [0.29, 0.717) is 24.4 Å². The second kappa shape index (κ2) is 9.48. The van der Waals surface area contributed by atoms with E-state index >= 15 is 0 Å². The molecule has 4 N–H and O–H groups in total. The van der Waals surface area contributed by atoms with Gasteiger partial charge in [0, 0.05) is 25.2 Å². The molecule has 0 fully saturated rings. The number of halogens is 1. The van der Waals surface area contributed by atoms with Crippen molar-refractivity contribution in [1.29, 1.82) is 0 Å². The number of methoxy groups -OCH3 is 1. The van der Waals surface area contributed by atoms with Gasteiger partial charge in [0.05, 0.1) is 12.1 Å². The maximum atomic E-state index is 12.6. The van der Waals surface area contributed by atoms with E-state index in [4.69, 9.17) is 32.5 Å². The van der Waals surface area contributed by atoms with E-state index in [1.165, 1.54) is 19.2 Å². The Bertz CT molecular complexity index is 622. The van der Waals surface area contributed by atoms with Gasteiger partial charge in [-0.25, -0.2) is 0 Å². The Morgan fingerprint density at radius 2 is 1.96 bits per heavy atom. The first kappa shape index (κ1) is 21.1. The molecular formula is C17H26ClN3O4. The predicted octanol–water partition coefficient (Wildman–Crippen LogP) is 1.66. The highest BCUT2D eigenvalue weighted by Gasteiger charge is 2.19. The zero-order valence-corrected chi connectivity index (χ0v) is 15.8. The first-order valence-electron chi connectivity index (χ1n) is 7.97. The first-order chi connectivity index (χ1) is 11.7. The van der Waals surface area contributed by atoms with Gasteiger partial charge in [0.2, 0.25) is 0 Å². The number of carbonyl (C=O) groups excluding carboxylic acids is 2. The lowest BCUT2D eigenvalue weighted by Gasteiger charge is -2.22. The van der Waals surface area contributed by atoms with E-state index < -0.39 is 5.91 Å². The standard InChI is InChI=1S/C17H26ClN3O4/c1-10(2)13(19)5-6-21(3)17(23)11-7-12(18)16(14(8-11)24-4)25-9-15(20)22/h7-8,10,13H,5-6,9,19H2,1-4H3,(H2,20,22). The third-order valence-electron chi connectivity index (χ3n) is 3.84. The van der Waals surface area contributed by atoms with Crippen LogP contribution >= 0.6 is 11.6 Å². The van der Waals surface area contributed by atoms with Gasteiger partial charge in [-0.15, -0.1) is 0 Å². The smallest absolute Gasteiger partial charge is 0.255 e. The van der Waals surface area contributed by atoms with Gasteiger partial charge in [-0.1, -0.05) is 25.4 Å². The summed E-state index contributed by atoms with van der Waals surface area (Å²) in [4.78, 5) is 25.0. The highest BCUT2D eigenvalue weighted by molar-refractivity contribution is 6.32. The van der Waals surface area contributed by atoms with Crippen LogP contribution in [0, 0.1) is 5.92 Å². The molecule has 0 heterocycles. The van der Waals surface area contributed by atoms with Gasteiger partial charge in [0.1, 0.15) is 0 Å². The van der Waals surface area contributed by atoms with Crippen LogP contribution in [0.4, 0.5) is 0 Å². The van der Waals surface area contributed by atoms with Crippen LogP contribution in [0.15, 0.2) is 12.1 Å². The molecule has 0 saturated heterocycles. The molecule has 1 atom stereocenters. The van der Waals surface area contributed by atoms with Crippen LogP contribution in [0.5, 0.6) is 11.5 Å². The summed E-state index contributed by atoms with van der Waals surface area (Å²) in [6, 6.07) is 3.02. The van der Waals surface area contributed by atoms with Crippen molar-refractivity contribution in [2.45, 2.75) is 26.3 Å². The zero-order valence-electron chi connectivity index (χ0n) is 15.0. The minimum Gasteiger partial charge on any atom is -0.493 e. The Kier molecular flexibility index (Phi) is 7.99. The van der Waals surface area contributed by atoms with Crippen LogP contribution in [0.25, 0.3) is 0 Å². The van der Waals surface area contributed by atoms with Crippen LogP contribution in [-0.4, -0.2) is 50.1 Å². The van der Waals surface area contributed by atoms with Gasteiger partial charge in [-0.05, 0) is 24.5 Å². The molecule has 0 spiro atoms. The van der Waals surface area contributed by atoms with Gasteiger partial charge in [0.15, 0.2) is 18.1 Å². The molecule has 0 saturated carbocycles. The second-order valence-electron chi connectivity index (χ2n) is 6.17. The van der Waals surface area contributed by atoms with Crippen LogP contribution in [0.3, 0.4) is 0 Å². The Balaban J connectivity index is 2.91. The van der Waals surface area contributed by atoms with Gasteiger partial charge in [-0.2, -0.15) is 0 Å². The van der Waals surface area contributed by atoms with Crippen molar-refractivity contribution < 1.29 is 19.1 Å². The lowest BCUT2D eigenvalue weighted by atomic mass is 10.0. The summed E-state index contributed by atoms with van der Waals surface area (Å²) in [5.74, 6) is -0.0785. The van der Waals surface area contributed by atoms with Crippen LogP contribution in [0.2, 0.25) is 5.02 Å². The number of benzene rings is 1. The van der Waals surface area contributed by atoms with E-state index in [0.717, 1.165) is 0 Å². The van der Waals surface area contributed by atoms with Gasteiger partial charge >= 0.3 is 0 Å². The molecule has 140 valence electrons. The molecule has 0 radical (unpaired) electrons. The molecule has 1 aromatic carbocycles. The molecule has 0 aliphatic carbocycles. The minimum atomic E-state index is -0.639. The molecule has 1 unspecified atom stereocenters. The summed E-state index contributed by atoms with van der Waals surface area (Å²) >= 11 is 6.17. The zero-order chi connectivity index (χ0) is 19.1. The highest BCUT2D eigenvalue weighted by atomic mass is 35.5. The molecule has 25 heavy (non-hydrogen) atoms. The average molecular weight is 372 g/mol. The summed E-state index contributed by atoms with van der Waals surface area (Å²) in [6.07, 6.45) is 0.699. The number of rotatable bonds is 9. The monoisotopic (exact) mass is 371 g/mol. The molecular weight excluding hydrogens is 346 g/mol. The third-order valence-corrected chi connectivity index (χ3v) is 4.12. The van der Waals surface area contributed by atoms with Crippen molar-refractivity contribution in [3.8, 4) is 11.5 Å². The summed E-state index contributed by atoms with van der Waals surface area (Å²) in [5.41, 5.74) is 11.4. The van der Waals surface area contributed by atoms with Crippen molar-refractivity contribution in [3.05, 3.63) is 22.7 Å². The maximum absolute atomic E-state index is 12.6.